The van der Waals surface area contributed by atoms with Gasteiger partial charge in [0.25, 0.3) is 5.91 Å². The molecule has 3 heterocycles. The van der Waals surface area contributed by atoms with Crippen molar-refractivity contribution in [1.82, 2.24) is 9.80 Å². The van der Waals surface area contributed by atoms with Crippen molar-refractivity contribution in [3.8, 4) is 5.75 Å². The molecule has 2 aromatic rings. The highest BCUT2D eigenvalue weighted by Gasteiger charge is 2.42. The SMILES string of the molecule is CC(C)Oc1ccc(C2C(C(=O)/C=C/c3ccco3)=C(O)C(=O)N2CCN2CCOCC2)cc1. The minimum atomic E-state index is -0.699. The molecule has 1 aromatic carbocycles. The van der Waals surface area contributed by atoms with Crippen LogP contribution in [0.25, 0.3) is 6.08 Å². The molecule has 1 saturated heterocycles. The Morgan fingerprint density at radius 3 is 2.56 bits per heavy atom. The highest BCUT2D eigenvalue weighted by atomic mass is 16.5. The summed E-state index contributed by atoms with van der Waals surface area (Å²) in [4.78, 5) is 30.0. The fourth-order valence-electron chi connectivity index (χ4n) is 4.19. The van der Waals surface area contributed by atoms with E-state index in [0.717, 1.165) is 18.7 Å². The highest BCUT2D eigenvalue weighted by Crippen LogP contribution is 2.38. The number of hydrogen-bond acceptors (Lipinski definition) is 7. The number of ether oxygens (including phenoxy) is 2. The predicted octanol–water partition coefficient (Wildman–Crippen LogP) is 3.38. The maximum Gasteiger partial charge on any atom is 0.290 e. The molecule has 0 spiro atoms. The van der Waals surface area contributed by atoms with Crippen LogP contribution in [0.5, 0.6) is 5.75 Å². The second-order valence-corrected chi connectivity index (χ2v) is 8.57. The van der Waals surface area contributed by atoms with Gasteiger partial charge in [-0.05, 0) is 55.8 Å². The molecule has 1 unspecified atom stereocenters. The van der Waals surface area contributed by atoms with Crippen molar-refractivity contribution in [3.63, 3.8) is 0 Å². The summed E-state index contributed by atoms with van der Waals surface area (Å²) < 4.78 is 16.4. The zero-order valence-corrected chi connectivity index (χ0v) is 19.5. The molecular formula is C26H30N2O6. The average Bonchev–Trinajstić information content (AvgIpc) is 3.44. The Labute approximate surface area is 199 Å². The first-order valence-electron chi connectivity index (χ1n) is 11.5. The Morgan fingerprint density at radius 1 is 1.18 bits per heavy atom. The fourth-order valence-corrected chi connectivity index (χ4v) is 4.19. The first kappa shape index (κ1) is 23.8. The third-order valence-electron chi connectivity index (χ3n) is 5.84. The molecule has 1 amide bonds. The van der Waals surface area contributed by atoms with E-state index in [2.05, 4.69) is 4.90 Å². The zero-order chi connectivity index (χ0) is 24.1. The lowest BCUT2D eigenvalue weighted by atomic mass is 9.95. The first-order chi connectivity index (χ1) is 16.4. The summed E-state index contributed by atoms with van der Waals surface area (Å²) in [5, 5.41) is 10.7. The molecule has 1 aromatic heterocycles. The van der Waals surface area contributed by atoms with E-state index in [-0.39, 0.29) is 11.7 Å². The monoisotopic (exact) mass is 466 g/mol. The number of rotatable bonds is 9. The van der Waals surface area contributed by atoms with Gasteiger partial charge in [-0.1, -0.05) is 12.1 Å². The van der Waals surface area contributed by atoms with E-state index in [9.17, 15) is 14.7 Å². The van der Waals surface area contributed by atoms with Gasteiger partial charge in [0.1, 0.15) is 11.5 Å². The van der Waals surface area contributed by atoms with E-state index in [4.69, 9.17) is 13.9 Å². The van der Waals surface area contributed by atoms with Crippen LogP contribution in [0, 0.1) is 0 Å². The van der Waals surface area contributed by atoms with Gasteiger partial charge in [0, 0.05) is 26.2 Å². The van der Waals surface area contributed by atoms with Crippen molar-refractivity contribution in [2.24, 2.45) is 0 Å². The van der Waals surface area contributed by atoms with Gasteiger partial charge < -0.3 is 23.9 Å². The molecule has 2 aliphatic rings. The summed E-state index contributed by atoms with van der Waals surface area (Å²) in [6, 6.07) is 10.0. The van der Waals surface area contributed by atoms with Crippen LogP contribution >= 0.6 is 0 Å². The molecule has 0 saturated carbocycles. The van der Waals surface area contributed by atoms with Crippen molar-refractivity contribution in [2.75, 3.05) is 39.4 Å². The number of morpholine rings is 1. The van der Waals surface area contributed by atoms with Gasteiger partial charge in [0.05, 0.1) is 37.2 Å². The van der Waals surface area contributed by atoms with Crippen LogP contribution in [0.2, 0.25) is 0 Å². The lowest BCUT2D eigenvalue weighted by Crippen LogP contribution is -2.43. The lowest BCUT2D eigenvalue weighted by Gasteiger charge is -2.31. The number of amides is 1. The molecule has 1 N–H and O–H groups in total. The van der Waals surface area contributed by atoms with E-state index in [1.807, 2.05) is 38.1 Å². The smallest absolute Gasteiger partial charge is 0.290 e. The molecule has 0 aliphatic carbocycles. The number of hydrogen-bond donors (Lipinski definition) is 1. The summed E-state index contributed by atoms with van der Waals surface area (Å²) in [5.41, 5.74) is 0.789. The van der Waals surface area contributed by atoms with Crippen LogP contribution in [0.1, 0.15) is 31.2 Å². The van der Waals surface area contributed by atoms with E-state index in [0.29, 0.717) is 37.8 Å². The Bertz CT molecular complexity index is 1050. The average molecular weight is 467 g/mol. The summed E-state index contributed by atoms with van der Waals surface area (Å²) in [5.74, 6) is -0.293. The maximum atomic E-state index is 13.2. The predicted molar refractivity (Wildman–Crippen MR) is 126 cm³/mol. The largest absolute Gasteiger partial charge is 0.503 e. The van der Waals surface area contributed by atoms with Crippen LogP contribution < -0.4 is 4.74 Å². The molecule has 8 heteroatoms. The number of carbonyl (C=O) groups excluding carboxylic acids is 2. The number of carbonyl (C=O) groups is 2. The number of allylic oxidation sites excluding steroid dienone is 1. The molecule has 0 radical (unpaired) electrons. The van der Waals surface area contributed by atoms with Gasteiger partial charge in [0.15, 0.2) is 11.5 Å². The molecular weight excluding hydrogens is 436 g/mol. The highest BCUT2D eigenvalue weighted by molar-refractivity contribution is 6.14. The molecule has 8 nitrogen and oxygen atoms in total. The number of nitrogens with zero attached hydrogens (tertiary/aromatic N) is 2. The summed E-state index contributed by atoms with van der Waals surface area (Å²) >= 11 is 0. The van der Waals surface area contributed by atoms with E-state index >= 15 is 0 Å². The van der Waals surface area contributed by atoms with Crippen LogP contribution in [0.3, 0.4) is 0 Å². The number of aliphatic hydroxyl groups is 1. The van der Waals surface area contributed by atoms with Crippen LogP contribution in [-0.4, -0.2) is 72.1 Å². The normalized spacial score (nSPS) is 19.6. The Balaban J connectivity index is 1.61. The van der Waals surface area contributed by atoms with Crippen molar-refractivity contribution in [1.29, 1.82) is 0 Å². The zero-order valence-electron chi connectivity index (χ0n) is 19.5. The molecule has 180 valence electrons. The second-order valence-electron chi connectivity index (χ2n) is 8.57. The van der Waals surface area contributed by atoms with Gasteiger partial charge in [-0.3, -0.25) is 14.5 Å². The Kier molecular flexibility index (Phi) is 7.49. The number of aliphatic hydroxyl groups excluding tert-OH is 1. The van der Waals surface area contributed by atoms with Gasteiger partial charge in [-0.2, -0.15) is 0 Å². The third kappa shape index (κ3) is 5.40. The summed E-state index contributed by atoms with van der Waals surface area (Å²) in [6.45, 7) is 7.75. The van der Waals surface area contributed by atoms with Gasteiger partial charge >= 0.3 is 0 Å². The van der Waals surface area contributed by atoms with E-state index in [1.165, 1.54) is 18.4 Å². The number of ketones is 1. The Morgan fingerprint density at radius 2 is 1.91 bits per heavy atom. The molecule has 1 atom stereocenters. The third-order valence-corrected chi connectivity index (χ3v) is 5.84. The number of furan rings is 1. The van der Waals surface area contributed by atoms with E-state index in [1.54, 1.807) is 17.0 Å². The topological polar surface area (TPSA) is 92.5 Å². The van der Waals surface area contributed by atoms with Crippen molar-refractivity contribution in [2.45, 2.75) is 26.0 Å². The molecule has 2 aliphatic heterocycles. The van der Waals surface area contributed by atoms with Crippen molar-refractivity contribution in [3.05, 3.63) is 71.4 Å². The first-order valence-corrected chi connectivity index (χ1v) is 11.5. The fraction of sp³-hybridized carbons (Fsp3) is 0.385. The maximum absolute atomic E-state index is 13.2. The quantitative estimate of drug-likeness (QED) is 0.567. The van der Waals surface area contributed by atoms with E-state index < -0.39 is 23.5 Å². The Hall–Kier alpha value is -3.36. The van der Waals surface area contributed by atoms with Gasteiger partial charge in [-0.15, -0.1) is 0 Å². The minimum Gasteiger partial charge on any atom is -0.503 e. The summed E-state index contributed by atoms with van der Waals surface area (Å²) in [6.07, 6.45) is 4.39. The van der Waals surface area contributed by atoms with Gasteiger partial charge in [0.2, 0.25) is 0 Å². The standard InChI is InChI=1S/C26H30N2O6/c1-18(2)34-21-7-5-19(6-8-21)24-23(22(29)10-9-20-4-3-15-33-20)25(30)26(31)28(24)12-11-27-13-16-32-17-14-27/h3-10,15,18,24,30H,11-14,16-17H2,1-2H3/b10-9+. The number of benzene rings is 1. The second kappa shape index (κ2) is 10.7. The van der Waals surface area contributed by atoms with Crippen molar-refractivity contribution >= 4 is 17.8 Å². The van der Waals surface area contributed by atoms with Crippen LogP contribution in [-0.2, 0) is 14.3 Å². The molecule has 34 heavy (non-hydrogen) atoms. The summed E-state index contributed by atoms with van der Waals surface area (Å²) in [7, 11) is 0. The molecule has 4 rings (SSSR count). The lowest BCUT2D eigenvalue weighted by molar-refractivity contribution is -0.129. The molecule has 1 fully saturated rings. The molecule has 0 bridgehead atoms. The van der Waals surface area contributed by atoms with Crippen molar-refractivity contribution < 1.29 is 28.6 Å². The van der Waals surface area contributed by atoms with Gasteiger partial charge in [-0.25, -0.2) is 0 Å². The van der Waals surface area contributed by atoms with Crippen LogP contribution in [0.15, 0.2) is 64.5 Å². The van der Waals surface area contributed by atoms with Crippen LogP contribution in [0.4, 0.5) is 0 Å². The minimum absolute atomic E-state index is 0.0248.